The van der Waals surface area contributed by atoms with Crippen LogP contribution in [0.4, 0.5) is 0 Å². The normalized spacial score (nSPS) is 11.1. The molecular weight excluding hydrogens is 308 g/mol. The number of aryl methyl sites for hydroxylation is 1. The van der Waals surface area contributed by atoms with E-state index in [1.807, 2.05) is 29.9 Å². The molecule has 0 spiro atoms. The van der Waals surface area contributed by atoms with E-state index in [-0.39, 0.29) is 0 Å². The molecule has 0 amide bonds. The van der Waals surface area contributed by atoms with Crippen LogP contribution in [0.25, 0.3) is 16.8 Å². The van der Waals surface area contributed by atoms with Crippen molar-refractivity contribution in [3.63, 3.8) is 0 Å². The molecule has 25 heavy (non-hydrogen) atoms. The Bertz CT molecular complexity index is 829. The fraction of sp³-hybridized carbons (Fsp3) is 0.318. The number of hydrogen-bond acceptors (Lipinski definition) is 2. The van der Waals surface area contributed by atoms with Crippen molar-refractivity contribution < 1.29 is 4.74 Å². The molecule has 0 bridgehead atoms. The largest absolute Gasteiger partial charge is 0.497 e. The van der Waals surface area contributed by atoms with Crippen molar-refractivity contribution in [1.82, 2.24) is 9.78 Å². The van der Waals surface area contributed by atoms with Gasteiger partial charge in [-0.3, -0.25) is 0 Å². The lowest BCUT2D eigenvalue weighted by Crippen LogP contribution is -2.05. The summed E-state index contributed by atoms with van der Waals surface area (Å²) < 4.78 is 7.28. The Kier molecular flexibility index (Phi) is 5.22. The fourth-order valence-electron chi connectivity index (χ4n) is 3.33. The van der Waals surface area contributed by atoms with Gasteiger partial charge in [-0.15, -0.1) is 0 Å². The minimum absolute atomic E-state index is 0.546. The Hall–Kier alpha value is -2.55. The van der Waals surface area contributed by atoms with Crippen molar-refractivity contribution in [2.24, 2.45) is 0 Å². The van der Waals surface area contributed by atoms with E-state index < -0.39 is 0 Å². The molecule has 0 aliphatic rings. The summed E-state index contributed by atoms with van der Waals surface area (Å²) in [6, 6.07) is 17.0. The average molecular weight is 334 g/mol. The molecule has 3 heteroatoms. The van der Waals surface area contributed by atoms with Gasteiger partial charge in [-0.2, -0.15) is 5.10 Å². The molecule has 0 fully saturated rings. The number of nitrogens with zero attached hydrogens (tertiary/aromatic N) is 2. The molecule has 0 radical (unpaired) electrons. The van der Waals surface area contributed by atoms with Crippen molar-refractivity contribution in [1.29, 1.82) is 0 Å². The average Bonchev–Trinajstić information content (AvgIpc) is 3.09. The lowest BCUT2D eigenvalue weighted by atomic mass is 9.90. The van der Waals surface area contributed by atoms with Crippen molar-refractivity contribution in [2.75, 3.05) is 7.11 Å². The Morgan fingerprint density at radius 3 is 2.20 bits per heavy atom. The zero-order chi connectivity index (χ0) is 17.8. The quantitative estimate of drug-likeness (QED) is 0.573. The van der Waals surface area contributed by atoms with Crippen LogP contribution in [0, 0.1) is 6.92 Å². The predicted octanol–water partition coefficient (Wildman–Crippen LogP) is 5.76. The minimum atomic E-state index is 0.546. The summed E-state index contributed by atoms with van der Waals surface area (Å²) in [5.74, 6) is 1.42. The van der Waals surface area contributed by atoms with Crippen LogP contribution in [-0.4, -0.2) is 16.9 Å². The molecular formula is C22H26N2O. The molecule has 3 aromatic rings. The van der Waals surface area contributed by atoms with Crippen LogP contribution >= 0.6 is 0 Å². The topological polar surface area (TPSA) is 27.1 Å². The third-order valence-electron chi connectivity index (χ3n) is 4.85. The Labute approximate surface area is 150 Å². The SMILES string of the molecule is CCC(CC)c1ccc(-c2ccc(OC)cc2)cc1-n1ccc(C)n1. The highest BCUT2D eigenvalue weighted by molar-refractivity contribution is 5.68. The van der Waals surface area contributed by atoms with Crippen molar-refractivity contribution in [3.05, 3.63) is 66.0 Å². The Morgan fingerprint density at radius 2 is 1.64 bits per heavy atom. The van der Waals surface area contributed by atoms with Crippen LogP contribution < -0.4 is 4.74 Å². The first-order valence-corrected chi connectivity index (χ1v) is 8.97. The van der Waals surface area contributed by atoms with Gasteiger partial charge < -0.3 is 4.74 Å². The van der Waals surface area contributed by atoms with Gasteiger partial charge in [0.15, 0.2) is 0 Å². The Morgan fingerprint density at radius 1 is 0.960 bits per heavy atom. The summed E-state index contributed by atoms with van der Waals surface area (Å²) in [5, 5.41) is 4.65. The second-order valence-corrected chi connectivity index (χ2v) is 6.42. The molecule has 0 unspecified atom stereocenters. The van der Waals surface area contributed by atoms with Crippen LogP contribution in [0.1, 0.15) is 43.9 Å². The molecule has 3 nitrogen and oxygen atoms in total. The maximum absolute atomic E-state index is 5.27. The van der Waals surface area contributed by atoms with Crippen molar-refractivity contribution >= 4 is 0 Å². The highest BCUT2D eigenvalue weighted by Gasteiger charge is 2.15. The highest BCUT2D eigenvalue weighted by atomic mass is 16.5. The predicted molar refractivity (Wildman–Crippen MR) is 104 cm³/mol. The van der Waals surface area contributed by atoms with Crippen molar-refractivity contribution in [3.8, 4) is 22.6 Å². The van der Waals surface area contributed by atoms with Crippen LogP contribution in [0.3, 0.4) is 0 Å². The van der Waals surface area contributed by atoms with E-state index in [1.54, 1.807) is 7.11 Å². The van der Waals surface area contributed by atoms with E-state index in [0.29, 0.717) is 5.92 Å². The van der Waals surface area contributed by atoms with Gasteiger partial charge in [0.2, 0.25) is 0 Å². The second kappa shape index (κ2) is 7.56. The van der Waals surface area contributed by atoms with Gasteiger partial charge in [-0.05, 0) is 66.6 Å². The highest BCUT2D eigenvalue weighted by Crippen LogP contribution is 2.32. The maximum Gasteiger partial charge on any atom is 0.118 e. The number of methoxy groups -OCH3 is 1. The van der Waals surface area contributed by atoms with E-state index in [2.05, 4.69) is 55.3 Å². The van der Waals surface area contributed by atoms with Gasteiger partial charge in [-0.1, -0.05) is 38.1 Å². The van der Waals surface area contributed by atoms with Gasteiger partial charge in [0.05, 0.1) is 18.5 Å². The zero-order valence-corrected chi connectivity index (χ0v) is 15.5. The monoisotopic (exact) mass is 334 g/mol. The summed E-state index contributed by atoms with van der Waals surface area (Å²) in [6.45, 7) is 6.54. The molecule has 0 atom stereocenters. The third-order valence-corrected chi connectivity index (χ3v) is 4.85. The number of rotatable bonds is 6. The van der Waals surface area contributed by atoms with Gasteiger partial charge in [0.1, 0.15) is 5.75 Å². The van der Waals surface area contributed by atoms with Gasteiger partial charge in [-0.25, -0.2) is 4.68 Å². The first-order valence-electron chi connectivity index (χ1n) is 8.97. The molecule has 130 valence electrons. The molecule has 3 rings (SSSR count). The molecule has 1 aromatic heterocycles. The molecule has 0 aliphatic carbocycles. The van der Waals surface area contributed by atoms with Crippen LogP contribution in [0.5, 0.6) is 5.75 Å². The van der Waals surface area contributed by atoms with Crippen molar-refractivity contribution in [2.45, 2.75) is 39.5 Å². The summed E-state index contributed by atoms with van der Waals surface area (Å²) in [4.78, 5) is 0. The summed E-state index contributed by atoms with van der Waals surface area (Å²) in [5.41, 5.74) is 5.95. The van der Waals surface area contributed by atoms with Gasteiger partial charge >= 0.3 is 0 Å². The van der Waals surface area contributed by atoms with E-state index >= 15 is 0 Å². The molecule has 1 heterocycles. The summed E-state index contributed by atoms with van der Waals surface area (Å²) >= 11 is 0. The van der Waals surface area contributed by atoms with Crippen LogP contribution in [0.15, 0.2) is 54.7 Å². The Balaban J connectivity index is 2.10. The molecule has 0 aliphatic heterocycles. The molecule has 0 saturated carbocycles. The van der Waals surface area contributed by atoms with Crippen LogP contribution in [0.2, 0.25) is 0 Å². The van der Waals surface area contributed by atoms with E-state index in [1.165, 1.54) is 22.4 Å². The standard InChI is InChI=1S/C22H26N2O/c1-5-17(6-2)21-12-9-19(18-7-10-20(25-4)11-8-18)15-22(21)24-14-13-16(3)23-24/h7-15,17H,5-6H2,1-4H3. The maximum atomic E-state index is 5.27. The number of hydrogen-bond donors (Lipinski definition) is 0. The lowest BCUT2D eigenvalue weighted by Gasteiger charge is -2.19. The summed E-state index contributed by atoms with van der Waals surface area (Å²) in [7, 11) is 1.69. The van der Waals surface area contributed by atoms with E-state index in [4.69, 9.17) is 4.74 Å². The first kappa shape index (κ1) is 17.3. The molecule has 0 N–H and O–H groups in total. The van der Waals surface area contributed by atoms with Crippen LogP contribution in [-0.2, 0) is 0 Å². The second-order valence-electron chi connectivity index (χ2n) is 6.42. The van der Waals surface area contributed by atoms with E-state index in [9.17, 15) is 0 Å². The van der Waals surface area contributed by atoms with Gasteiger partial charge in [0, 0.05) is 6.20 Å². The zero-order valence-electron chi connectivity index (χ0n) is 15.5. The lowest BCUT2D eigenvalue weighted by molar-refractivity contribution is 0.415. The number of benzene rings is 2. The molecule has 0 saturated heterocycles. The third kappa shape index (κ3) is 3.60. The minimum Gasteiger partial charge on any atom is -0.497 e. The fourth-order valence-corrected chi connectivity index (χ4v) is 3.33. The number of ether oxygens (including phenoxy) is 1. The smallest absolute Gasteiger partial charge is 0.118 e. The molecule has 2 aromatic carbocycles. The first-order chi connectivity index (χ1) is 12.2. The van der Waals surface area contributed by atoms with E-state index in [0.717, 1.165) is 24.3 Å². The summed E-state index contributed by atoms with van der Waals surface area (Å²) in [6.07, 6.45) is 4.31. The number of aromatic nitrogens is 2. The van der Waals surface area contributed by atoms with Gasteiger partial charge in [0.25, 0.3) is 0 Å².